The average molecular weight is 357 g/mol. The number of nitrogens with zero attached hydrogens (tertiary/aromatic N) is 7. The molecule has 0 spiro atoms. The van der Waals surface area contributed by atoms with Crippen LogP contribution in [-0.4, -0.2) is 66.6 Å². The fourth-order valence-electron chi connectivity index (χ4n) is 3.11. The van der Waals surface area contributed by atoms with Crippen LogP contribution in [0.15, 0.2) is 24.9 Å². The first-order valence-corrected chi connectivity index (χ1v) is 9.26. The molecular weight excluding hydrogens is 330 g/mol. The molecule has 0 radical (unpaired) electrons. The summed E-state index contributed by atoms with van der Waals surface area (Å²) in [4.78, 5) is 25.8. The number of rotatable bonds is 6. The predicted octanol–water partition coefficient (Wildman–Crippen LogP) is 1.32. The van der Waals surface area contributed by atoms with Crippen molar-refractivity contribution in [3.05, 3.63) is 36.4 Å². The summed E-state index contributed by atoms with van der Waals surface area (Å²) in [5.74, 6) is 1.42. The Morgan fingerprint density at radius 3 is 2.73 bits per heavy atom. The zero-order valence-corrected chi connectivity index (χ0v) is 15.6. The lowest BCUT2D eigenvalue weighted by atomic mass is 10.2. The Kier molecular flexibility index (Phi) is 6.27. The highest BCUT2D eigenvalue weighted by molar-refractivity contribution is 5.76. The second-order valence-corrected chi connectivity index (χ2v) is 7.02. The van der Waals surface area contributed by atoms with E-state index in [1.54, 1.807) is 12.7 Å². The molecule has 0 atom stereocenters. The van der Waals surface area contributed by atoms with Crippen LogP contribution in [0.25, 0.3) is 0 Å². The molecule has 2 aromatic rings. The Bertz CT molecular complexity index is 701. The molecule has 3 heterocycles. The topological polar surface area (TPSA) is 80.0 Å². The third kappa shape index (κ3) is 5.08. The van der Waals surface area contributed by atoms with Crippen molar-refractivity contribution in [2.45, 2.75) is 45.7 Å². The largest absolute Gasteiger partial charge is 0.341 e. The van der Waals surface area contributed by atoms with Crippen molar-refractivity contribution in [3.8, 4) is 0 Å². The maximum Gasteiger partial charge on any atom is 0.224 e. The van der Waals surface area contributed by atoms with Crippen LogP contribution < -0.4 is 0 Å². The number of carbonyl (C=O) groups is 1. The highest BCUT2D eigenvalue weighted by Gasteiger charge is 2.19. The lowest BCUT2D eigenvalue weighted by Crippen LogP contribution is -2.35. The minimum absolute atomic E-state index is 0.199. The second-order valence-electron chi connectivity index (χ2n) is 7.02. The second kappa shape index (κ2) is 8.84. The minimum atomic E-state index is 0.199. The van der Waals surface area contributed by atoms with Gasteiger partial charge in [-0.05, 0) is 12.5 Å². The summed E-state index contributed by atoms with van der Waals surface area (Å²) < 4.78 is 1.84. The lowest BCUT2D eigenvalue weighted by molar-refractivity contribution is -0.131. The Balaban J connectivity index is 1.50. The molecule has 3 rings (SSSR count). The molecule has 8 heteroatoms. The van der Waals surface area contributed by atoms with Gasteiger partial charge >= 0.3 is 0 Å². The van der Waals surface area contributed by atoms with Gasteiger partial charge in [0, 0.05) is 57.8 Å². The van der Waals surface area contributed by atoms with Gasteiger partial charge < -0.3 is 9.47 Å². The van der Waals surface area contributed by atoms with Crippen molar-refractivity contribution in [3.63, 3.8) is 0 Å². The van der Waals surface area contributed by atoms with Crippen molar-refractivity contribution >= 4 is 5.91 Å². The van der Waals surface area contributed by atoms with E-state index in [4.69, 9.17) is 0 Å². The molecule has 0 bridgehead atoms. The maximum atomic E-state index is 12.5. The first kappa shape index (κ1) is 18.4. The van der Waals surface area contributed by atoms with Gasteiger partial charge in [-0.15, -0.1) is 10.2 Å². The summed E-state index contributed by atoms with van der Waals surface area (Å²) in [6.45, 7) is 9.09. The van der Waals surface area contributed by atoms with Gasteiger partial charge in [0.15, 0.2) is 0 Å². The van der Waals surface area contributed by atoms with Gasteiger partial charge in [-0.25, -0.2) is 9.97 Å². The van der Waals surface area contributed by atoms with E-state index < -0.39 is 0 Å². The monoisotopic (exact) mass is 357 g/mol. The Morgan fingerprint density at radius 2 is 1.96 bits per heavy atom. The van der Waals surface area contributed by atoms with E-state index in [1.807, 2.05) is 21.7 Å². The molecule has 0 aromatic carbocycles. The summed E-state index contributed by atoms with van der Waals surface area (Å²) in [6, 6.07) is 1.98. The van der Waals surface area contributed by atoms with Crippen LogP contribution >= 0.6 is 0 Å². The van der Waals surface area contributed by atoms with Crippen molar-refractivity contribution in [2.75, 3.05) is 26.2 Å². The Labute approximate surface area is 154 Å². The smallest absolute Gasteiger partial charge is 0.224 e. The third-order valence-corrected chi connectivity index (χ3v) is 4.63. The molecule has 0 unspecified atom stereocenters. The van der Waals surface area contributed by atoms with Crippen LogP contribution in [0.1, 0.15) is 44.1 Å². The Morgan fingerprint density at radius 1 is 1.15 bits per heavy atom. The summed E-state index contributed by atoms with van der Waals surface area (Å²) in [6.07, 6.45) is 6.60. The van der Waals surface area contributed by atoms with Crippen molar-refractivity contribution in [1.82, 2.24) is 34.5 Å². The van der Waals surface area contributed by atoms with Gasteiger partial charge in [0.05, 0.1) is 5.69 Å². The van der Waals surface area contributed by atoms with E-state index in [0.717, 1.165) is 50.7 Å². The number of carbonyl (C=O) groups excluding carboxylic acids is 1. The molecule has 0 N–H and O–H groups in total. The summed E-state index contributed by atoms with van der Waals surface area (Å²) in [5, 5.41) is 7.53. The quantitative estimate of drug-likeness (QED) is 0.776. The highest BCUT2D eigenvalue weighted by Crippen LogP contribution is 2.12. The summed E-state index contributed by atoms with van der Waals surface area (Å²) in [7, 11) is 0. The third-order valence-electron chi connectivity index (χ3n) is 4.63. The summed E-state index contributed by atoms with van der Waals surface area (Å²) in [5.41, 5.74) is 1.05. The SMILES string of the molecule is CC(C)c1nccc(CN2CCCN(C(=O)CCn3cnnc3)CC2)n1. The summed E-state index contributed by atoms with van der Waals surface area (Å²) >= 11 is 0. The number of aromatic nitrogens is 5. The Hall–Kier alpha value is -2.35. The number of hydrogen-bond acceptors (Lipinski definition) is 6. The molecule has 26 heavy (non-hydrogen) atoms. The van der Waals surface area contributed by atoms with Crippen LogP contribution in [0.3, 0.4) is 0 Å². The first-order valence-electron chi connectivity index (χ1n) is 9.26. The first-order chi connectivity index (χ1) is 12.6. The van der Waals surface area contributed by atoms with E-state index in [1.165, 1.54) is 0 Å². The van der Waals surface area contributed by atoms with Crippen LogP contribution in [0.4, 0.5) is 0 Å². The molecule has 1 aliphatic rings. The molecule has 0 saturated carbocycles. The maximum absolute atomic E-state index is 12.5. The van der Waals surface area contributed by atoms with Gasteiger partial charge in [-0.3, -0.25) is 9.69 Å². The zero-order chi connectivity index (χ0) is 18.4. The van der Waals surface area contributed by atoms with Crippen LogP contribution in [-0.2, 0) is 17.9 Å². The molecule has 1 amide bonds. The molecule has 1 aliphatic heterocycles. The lowest BCUT2D eigenvalue weighted by Gasteiger charge is -2.22. The van der Waals surface area contributed by atoms with E-state index in [2.05, 4.69) is 38.9 Å². The van der Waals surface area contributed by atoms with Gasteiger partial charge in [-0.2, -0.15) is 0 Å². The fourth-order valence-corrected chi connectivity index (χ4v) is 3.11. The van der Waals surface area contributed by atoms with Gasteiger partial charge in [-0.1, -0.05) is 13.8 Å². The molecule has 140 valence electrons. The minimum Gasteiger partial charge on any atom is -0.341 e. The van der Waals surface area contributed by atoms with Gasteiger partial charge in [0.1, 0.15) is 18.5 Å². The van der Waals surface area contributed by atoms with E-state index in [9.17, 15) is 4.79 Å². The molecule has 1 fully saturated rings. The molecule has 1 saturated heterocycles. The predicted molar refractivity (Wildman–Crippen MR) is 97.2 cm³/mol. The van der Waals surface area contributed by atoms with Crippen LogP contribution in [0.2, 0.25) is 0 Å². The molecular formula is C18H27N7O. The fraction of sp³-hybridized carbons (Fsp3) is 0.611. The highest BCUT2D eigenvalue weighted by atomic mass is 16.2. The van der Waals surface area contributed by atoms with Crippen molar-refractivity contribution in [2.24, 2.45) is 0 Å². The molecule has 2 aromatic heterocycles. The van der Waals surface area contributed by atoms with Gasteiger partial charge in [0.25, 0.3) is 0 Å². The number of amides is 1. The standard InChI is InChI=1S/C18H27N7O/c1-15(2)18-19-6-4-16(22-18)12-23-7-3-8-25(11-10-23)17(26)5-9-24-13-20-21-14-24/h4,6,13-15H,3,5,7-12H2,1-2H3. The number of aryl methyl sites for hydroxylation is 1. The van der Waals surface area contributed by atoms with Crippen LogP contribution in [0, 0.1) is 0 Å². The van der Waals surface area contributed by atoms with Crippen molar-refractivity contribution in [1.29, 1.82) is 0 Å². The molecule has 0 aliphatic carbocycles. The zero-order valence-electron chi connectivity index (χ0n) is 15.6. The van der Waals surface area contributed by atoms with Crippen molar-refractivity contribution < 1.29 is 4.79 Å². The molecule has 8 nitrogen and oxygen atoms in total. The van der Waals surface area contributed by atoms with Crippen LogP contribution in [0.5, 0.6) is 0 Å². The van der Waals surface area contributed by atoms with E-state index >= 15 is 0 Å². The van der Waals surface area contributed by atoms with E-state index in [-0.39, 0.29) is 5.91 Å². The van der Waals surface area contributed by atoms with E-state index in [0.29, 0.717) is 18.9 Å². The number of hydrogen-bond donors (Lipinski definition) is 0. The van der Waals surface area contributed by atoms with Gasteiger partial charge in [0.2, 0.25) is 5.91 Å². The normalized spacial score (nSPS) is 16.0. The average Bonchev–Trinajstić information content (AvgIpc) is 3.05.